The van der Waals surface area contributed by atoms with Crippen LogP contribution < -0.4 is 5.43 Å². The van der Waals surface area contributed by atoms with Crippen LogP contribution in [0.5, 0.6) is 0 Å². The molecule has 6 nitrogen and oxygen atoms in total. The van der Waals surface area contributed by atoms with Gasteiger partial charge >= 0.3 is 0 Å². The summed E-state index contributed by atoms with van der Waals surface area (Å²) in [7, 11) is -3.69. The molecule has 2 saturated heterocycles. The molecule has 0 aromatic carbocycles. The lowest BCUT2D eigenvalue weighted by Crippen LogP contribution is -2.49. The van der Waals surface area contributed by atoms with Crippen molar-refractivity contribution in [2.24, 2.45) is 0 Å². The van der Waals surface area contributed by atoms with E-state index >= 15 is 0 Å². The number of pyridine rings is 1. The standard InChI is InChI=1S/C14H21N3O3S/c18-13-5-6-15-10-14(13)21(19,20)17-9-3-4-12(11-17)16-7-1-2-8-16/h5-6,10,12H,1-4,7-9,11H2,(H,15,18). The van der Waals surface area contributed by atoms with Crippen molar-refractivity contribution in [3.8, 4) is 0 Å². The Bertz CT molecular complexity index is 649. The highest BCUT2D eigenvalue weighted by atomic mass is 32.2. The fraction of sp³-hybridized carbons (Fsp3) is 0.643. The SMILES string of the molecule is O=c1cc[nH]cc1S(=O)(=O)N1CCCC(N2CCCC2)C1. The highest BCUT2D eigenvalue weighted by Crippen LogP contribution is 2.23. The van der Waals surface area contributed by atoms with Gasteiger partial charge in [0.15, 0.2) is 0 Å². The molecule has 21 heavy (non-hydrogen) atoms. The predicted octanol–water partition coefficient (Wildman–Crippen LogP) is 0.624. The largest absolute Gasteiger partial charge is 0.366 e. The van der Waals surface area contributed by atoms with E-state index in [1.165, 1.54) is 35.6 Å². The Kier molecular flexibility index (Phi) is 4.14. The molecule has 3 rings (SSSR count). The monoisotopic (exact) mass is 311 g/mol. The van der Waals surface area contributed by atoms with Crippen LogP contribution in [0.15, 0.2) is 28.2 Å². The van der Waals surface area contributed by atoms with E-state index in [9.17, 15) is 13.2 Å². The maximum atomic E-state index is 12.7. The van der Waals surface area contributed by atoms with Crippen molar-refractivity contribution < 1.29 is 8.42 Å². The first-order chi connectivity index (χ1) is 10.1. The number of sulfonamides is 1. The lowest BCUT2D eigenvalue weighted by Gasteiger charge is -2.36. The molecule has 0 saturated carbocycles. The van der Waals surface area contributed by atoms with Gasteiger partial charge in [-0.3, -0.25) is 9.69 Å². The fourth-order valence-electron chi connectivity index (χ4n) is 3.29. The summed E-state index contributed by atoms with van der Waals surface area (Å²) in [5.74, 6) is 0. The van der Waals surface area contributed by atoms with Gasteiger partial charge in [0.2, 0.25) is 15.5 Å². The number of aromatic nitrogens is 1. The third kappa shape index (κ3) is 2.90. The molecular weight excluding hydrogens is 290 g/mol. The molecule has 7 heteroatoms. The average molecular weight is 311 g/mol. The number of rotatable bonds is 3. The van der Waals surface area contributed by atoms with Crippen LogP contribution >= 0.6 is 0 Å². The Labute approximate surface area is 124 Å². The van der Waals surface area contributed by atoms with Crippen molar-refractivity contribution in [1.82, 2.24) is 14.2 Å². The Morgan fingerprint density at radius 2 is 1.90 bits per heavy atom. The first-order valence-electron chi connectivity index (χ1n) is 7.50. The normalized spacial score (nSPS) is 25.2. The van der Waals surface area contributed by atoms with Crippen molar-refractivity contribution in [1.29, 1.82) is 0 Å². The Balaban J connectivity index is 1.82. The minimum atomic E-state index is -3.69. The Morgan fingerprint density at radius 1 is 1.14 bits per heavy atom. The van der Waals surface area contributed by atoms with E-state index in [1.807, 2.05) is 0 Å². The molecule has 1 aromatic rings. The number of H-pyrrole nitrogens is 1. The van der Waals surface area contributed by atoms with Crippen molar-refractivity contribution in [3.05, 3.63) is 28.7 Å². The van der Waals surface area contributed by atoms with Gasteiger partial charge in [0.25, 0.3) is 0 Å². The molecule has 2 aliphatic heterocycles. The summed E-state index contributed by atoms with van der Waals surface area (Å²) < 4.78 is 26.8. The van der Waals surface area contributed by atoms with Crippen LogP contribution in [0.4, 0.5) is 0 Å². The molecule has 1 N–H and O–H groups in total. The van der Waals surface area contributed by atoms with Gasteiger partial charge in [-0.1, -0.05) is 0 Å². The van der Waals surface area contributed by atoms with Crippen LogP contribution in [0, 0.1) is 0 Å². The quantitative estimate of drug-likeness (QED) is 0.888. The van der Waals surface area contributed by atoms with Gasteiger partial charge in [-0.25, -0.2) is 8.42 Å². The highest BCUT2D eigenvalue weighted by molar-refractivity contribution is 7.89. The number of likely N-dealkylation sites (tertiary alicyclic amines) is 1. The third-order valence-corrected chi connectivity index (χ3v) is 6.31. The van der Waals surface area contributed by atoms with E-state index in [0.717, 1.165) is 25.9 Å². The molecule has 1 aromatic heterocycles. The van der Waals surface area contributed by atoms with E-state index in [1.54, 1.807) is 0 Å². The minimum Gasteiger partial charge on any atom is -0.366 e. The van der Waals surface area contributed by atoms with Crippen LogP contribution in [0.3, 0.4) is 0 Å². The summed E-state index contributed by atoms with van der Waals surface area (Å²) in [5, 5.41) is 0. The summed E-state index contributed by atoms with van der Waals surface area (Å²) in [6, 6.07) is 1.55. The average Bonchev–Trinajstić information content (AvgIpc) is 3.02. The van der Waals surface area contributed by atoms with E-state index in [2.05, 4.69) is 9.88 Å². The predicted molar refractivity (Wildman–Crippen MR) is 79.7 cm³/mol. The van der Waals surface area contributed by atoms with Crippen LogP contribution in [0.25, 0.3) is 0 Å². The summed E-state index contributed by atoms with van der Waals surface area (Å²) >= 11 is 0. The molecule has 0 amide bonds. The lowest BCUT2D eigenvalue weighted by molar-refractivity contribution is 0.162. The van der Waals surface area contributed by atoms with E-state index in [4.69, 9.17) is 0 Å². The lowest BCUT2D eigenvalue weighted by atomic mass is 10.1. The molecule has 1 unspecified atom stereocenters. The number of nitrogens with zero attached hydrogens (tertiary/aromatic N) is 2. The fourth-order valence-corrected chi connectivity index (χ4v) is 4.84. The molecule has 0 spiro atoms. The topological polar surface area (TPSA) is 73.5 Å². The zero-order valence-electron chi connectivity index (χ0n) is 12.0. The number of aromatic amines is 1. The van der Waals surface area contributed by atoms with Crippen molar-refractivity contribution in [2.45, 2.75) is 36.6 Å². The zero-order chi connectivity index (χ0) is 14.9. The van der Waals surface area contributed by atoms with Crippen LogP contribution in [0.2, 0.25) is 0 Å². The molecule has 2 fully saturated rings. The molecule has 0 aliphatic carbocycles. The summed E-state index contributed by atoms with van der Waals surface area (Å²) in [5.41, 5.74) is -0.447. The van der Waals surface area contributed by atoms with E-state index in [0.29, 0.717) is 19.1 Å². The summed E-state index contributed by atoms with van der Waals surface area (Å²) in [6.07, 6.45) is 7.02. The van der Waals surface area contributed by atoms with Crippen molar-refractivity contribution in [3.63, 3.8) is 0 Å². The van der Waals surface area contributed by atoms with Gasteiger partial charge in [0, 0.05) is 37.6 Å². The maximum Gasteiger partial charge on any atom is 0.248 e. The smallest absolute Gasteiger partial charge is 0.248 e. The van der Waals surface area contributed by atoms with Gasteiger partial charge < -0.3 is 4.98 Å². The van der Waals surface area contributed by atoms with Crippen LogP contribution in [-0.2, 0) is 10.0 Å². The summed E-state index contributed by atoms with van der Waals surface area (Å²) in [4.78, 5) is 16.7. The van der Waals surface area contributed by atoms with Gasteiger partial charge in [-0.15, -0.1) is 0 Å². The van der Waals surface area contributed by atoms with Gasteiger partial charge in [-0.2, -0.15) is 4.31 Å². The van der Waals surface area contributed by atoms with Gasteiger partial charge in [-0.05, 0) is 38.8 Å². The molecular formula is C14H21N3O3S. The Morgan fingerprint density at radius 3 is 2.62 bits per heavy atom. The maximum absolute atomic E-state index is 12.7. The Hall–Kier alpha value is -1.18. The van der Waals surface area contributed by atoms with Crippen LogP contribution in [0.1, 0.15) is 25.7 Å². The summed E-state index contributed by atoms with van der Waals surface area (Å²) in [6.45, 7) is 3.12. The van der Waals surface area contributed by atoms with Crippen molar-refractivity contribution >= 4 is 10.0 Å². The van der Waals surface area contributed by atoms with Gasteiger partial charge in [0.1, 0.15) is 4.90 Å². The van der Waals surface area contributed by atoms with Gasteiger partial charge in [0.05, 0.1) is 0 Å². The van der Waals surface area contributed by atoms with Crippen molar-refractivity contribution in [2.75, 3.05) is 26.2 Å². The molecule has 1 atom stereocenters. The number of hydrogen-bond acceptors (Lipinski definition) is 4. The second-order valence-corrected chi connectivity index (χ2v) is 7.68. The first-order valence-corrected chi connectivity index (χ1v) is 8.94. The minimum absolute atomic E-state index is 0.146. The number of piperidine rings is 1. The van der Waals surface area contributed by atoms with E-state index < -0.39 is 15.5 Å². The first kappa shape index (κ1) is 14.7. The zero-order valence-corrected chi connectivity index (χ0v) is 12.8. The molecule has 0 radical (unpaired) electrons. The highest BCUT2D eigenvalue weighted by Gasteiger charge is 2.34. The molecule has 0 bridgehead atoms. The van der Waals surface area contributed by atoms with E-state index in [-0.39, 0.29) is 4.90 Å². The second-order valence-electron chi connectivity index (χ2n) is 5.78. The second kappa shape index (κ2) is 5.90. The number of hydrogen-bond donors (Lipinski definition) is 1. The molecule has 3 heterocycles. The van der Waals surface area contributed by atoms with Crippen LogP contribution in [-0.4, -0.2) is 54.8 Å². The molecule has 116 valence electrons. The number of nitrogens with one attached hydrogen (secondary N) is 1. The molecule has 2 aliphatic rings. The third-order valence-electron chi connectivity index (χ3n) is 4.42.